The molecule has 1 atom stereocenters. The first kappa shape index (κ1) is 12.2. The van der Waals surface area contributed by atoms with Crippen molar-refractivity contribution in [2.24, 2.45) is 0 Å². The van der Waals surface area contributed by atoms with E-state index in [0.29, 0.717) is 0 Å². The third kappa shape index (κ3) is 4.38. The fourth-order valence-electron chi connectivity index (χ4n) is 3.49. The Kier molecular flexibility index (Phi) is 3.49. The number of hydrogen-bond acceptors (Lipinski definition) is 4. The van der Waals surface area contributed by atoms with Gasteiger partial charge in [0.05, 0.1) is 16.6 Å². The molecular weight excluding hydrogens is 394 g/mol. The zero-order valence-corrected chi connectivity index (χ0v) is 16.1. The van der Waals surface area contributed by atoms with E-state index in [2.05, 4.69) is 4.74 Å². The summed E-state index contributed by atoms with van der Waals surface area (Å²) in [5.74, 6) is -3.19. The van der Waals surface area contributed by atoms with Gasteiger partial charge < -0.3 is 19.9 Å². The number of carboxylic acids is 1. The monoisotopic (exact) mass is 426 g/mol. The van der Waals surface area contributed by atoms with Crippen molar-refractivity contribution in [3.8, 4) is 16.9 Å². The number of aliphatic carboxylic acids is 1. The van der Waals surface area contributed by atoms with Crippen LogP contribution in [0.25, 0.3) is 11.1 Å². The van der Waals surface area contributed by atoms with Gasteiger partial charge in [-0.05, 0) is 39.9 Å². The first-order chi connectivity index (χ1) is 18.6. The number of methoxy groups -OCH3 is 1. The molecule has 0 aliphatic heterocycles. The number of fused-ring (bicyclic) bond motifs is 3. The Morgan fingerprint density at radius 1 is 1.10 bits per heavy atom. The topological polar surface area (TPSA) is 84.9 Å². The molecule has 1 aliphatic rings. The molecule has 0 aromatic heterocycles. The molecule has 3 aromatic rings. The molecule has 0 saturated heterocycles. The van der Waals surface area contributed by atoms with Crippen LogP contribution in [-0.2, 0) is 15.9 Å². The standard InChI is InChI=1S/C25H23NO5/c1-30-17-12-10-16(11-13-17)14-23(24(27)28)26-25(29)31-15-22-20-8-4-2-6-18(20)19-7-3-5-9-21(19)22/h2-13,22-23H,14-15H2,1H3,(H,26,29)(H,27,28)/t23-/m0/s1/i1D3,10D,11D,12D,13D,14D2. The first-order valence-corrected chi connectivity index (χ1v) is 9.29. The van der Waals surface area contributed by atoms with Crippen LogP contribution in [0.1, 0.15) is 34.9 Å². The van der Waals surface area contributed by atoms with Crippen LogP contribution in [0.15, 0.2) is 72.7 Å². The molecule has 0 bridgehead atoms. The molecule has 3 aromatic carbocycles. The lowest BCUT2D eigenvalue weighted by Crippen LogP contribution is -2.42. The second kappa shape index (κ2) is 8.92. The molecule has 0 spiro atoms. The van der Waals surface area contributed by atoms with E-state index in [1.54, 1.807) is 0 Å². The number of benzene rings is 3. The SMILES string of the molecule is [2H]c1c([2H])c(C([2H])([2H])[C@H](NC(=O)OCC2c3ccccc3-c3ccccc32)C(=O)O)c([2H])c([2H])c1OC([2H])([2H])[2H]. The molecule has 6 heteroatoms. The van der Waals surface area contributed by atoms with Crippen molar-refractivity contribution in [1.82, 2.24) is 5.32 Å². The summed E-state index contributed by atoms with van der Waals surface area (Å²) in [5, 5.41) is 11.7. The Labute approximate surface area is 193 Å². The summed E-state index contributed by atoms with van der Waals surface area (Å²) < 4.78 is 80.6. The fraction of sp³-hybridized carbons (Fsp3) is 0.200. The van der Waals surface area contributed by atoms with Gasteiger partial charge in [0.15, 0.2) is 0 Å². The molecule has 0 unspecified atom stereocenters. The Bertz CT molecular complexity index is 1420. The number of rotatable bonds is 7. The van der Waals surface area contributed by atoms with Crippen molar-refractivity contribution in [1.29, 1.82) is 0 Å². The van der Waals surface area contributed by atoms with Gasteiger partial charge in [-0.1, -0.05) is 60.6 Å². The van der Waals surface area contributed by atoms with Crippen LogP contribution in [0.5, 0.6) is 5.75 Å². The normalized spacial score (nSPS) is 18.1. The van der Waals surface area contributed by atoms with Crippen LogP contribution in [0.3, 0.4) is 0 Å². The van der Waals surface area contributed by atoms with Crippen LogP contribution >= 0.6 is 0 Å². The molecule has 158 valence electrons. The lowest BCUT2D eigenvalue weighted by atomic mass is 9.98. The first-order valence-electron chi connectivity index (χ1n) is 13.8. The molecule has 4 rings (SSSR count). The Morgan fingerprint density at radius 3 is 2.29 bits per heavy atom. The van der Waals surface area contributed by atoms with E-state index >= 15 is 0 Å². The highest BCUT2D eigenvalue weighted by Crippen LogP contribution is 2.44. The lowest BCUT2D eigenvalue weighted by molar-refractivity contribution is -0.139. The number of ether oxygens (including phenoxy) is 2. The van der Waals surface area contributed by atoms with Gasteiger partial charge in [0, 0.05) is 15.0 Å². The summed E-state index contributed by atoms with van der Waals surface area (Å²) in [6.07, 6.45) is -4.48. The van der Waals surface area contributed by atoms with Crippen LogP contribution in [0, 0.1) is 0 Å². The predicted molar refractivity (Wildman–Crippen MR) is 116 cm³/mol. The molecule has 1 amide bonds. The molecule has 6 nitrogen and oxygen atoms in total. The van der Waals surface area contributed by atoms with Crippen LogP contribution in [0.4, 0.5) is 4.79 Å². The van der Waals surface area contributed by atoms with Gasteiger partial charge in [0.2, 0.25) is 0 Å². The van der Waals surface area contributed by atoms with E-state index in [4.69, 9.17) is 17.1 Å². The number of hydrogen-bond donors (Lipinski definition) is 2. The van der Waals surface area contributed by atoms with Crippen molar-refractivity contribution < 1.29 is 36.5 Å². The van der Waals surface area contributed by atoms with Gasteiger partial charge >= 0.3 is 12.1 Å². The van der Waals surface area contributed by atoms with E-state index in [9.17, 15) is 14.7 Å². The number of alkyl carbamates (subject to hydrolysis) is 1. The van der Waals surface area contributed by atoms with Gasteiger partial charge in [-0.25, -0.2) is 9.59 Å². The van der Waals surface area contributed by atoms with E-state index in [-0.39, 0.29) is 12.5 Å². The number of carbonyl (C=O) groups is 2. The molecule has 0 heterocycles. The van der Waals surface area contributed by atoms with E-state index in [1.165, 1.54) is 0 Å². The fourth-order valence-corrected chi connectivity index (χ4v) is 3.49. The minimum absolute atomic E-state index is 0.197. The Hall–Kier alpha value is -3.80. The largest absolute Gasteiger partial charge is 0.497 e. The van der Waals surface area contributed by atoms with Crippen LogP contribution in [-0.4, -0.2) is 36.9 Å². The van der Waals surface area contributed by atoms with Crippen molar-refractivity contribution in [3.63, 3.8) is 0 Å². The highest BCUT2D eigenvalue weighted by Gasteiger charge is 2.29. The summed E-state index contributed by atoms with van der Waals surface area (Å²) in [6.45, 7) is -0.197. The van der Waals surface area contributed by atoms with E-state index < -0.39 is 67.0 Å². The second-order valence-corrected chi connectivity index (χ2v) is 6.69. The number of carboxylic acid groups (broad SMARTS) is 1. The summed E-state index contributed by atoms with van der Waals surface area (Å²) in [4.78, 5) is 24.8. The van der Waals surface area contributed by atoms with Gasteiger partial charge in [-0.2, -0.15) is 0 Å². The molecule has 31 heavy (non-hydrogen) atoms. The number of amides is 1. The van der Waals surface area contributed by atoms with Crippen molar-refractivity contribution in [2.45, 2.75) is 18.3 Å². The molecule has 0 radical (unpaired) electrons. The summed E-state index contributed by atoms with van der Waals surface area (Å²) >= 11 is 0. The summed E-state index contributed by atoms with van der Waals surface area (Å²) in [6, 6.07) is 8.44. The number of carbonyl (C=O) groups excluding carboxylic acids is 1. The predicted octanol–water partition coefficient (Wildman–Crippen LogP) is 4.23. The highest BCUT2D eigenvalue weighted by molar-refractivity contribution is 5.81. The minimum atomic E-state index is -3.20. The van der Waals surface area contributed by atoms with Crippen LogP contribution in [0.2, 0.25) is 0 Å². The average molecular weight is 427 g/mol. The lowest BCUT2D eigenvalue weighted by Gasteiger charge is -2.17. The average Bonchev–Trinajstić information content (AvgIpc) is 3.20. The van der Waals surface area contributed by atoms with Crippen molar-refractivity contribution in [3.05, 3.63) is 89.4 Å². The van der Waals surface area contributed by atoms with Gasteiger partial charge in [-0.3, -0.25) is 0 Å². The summed E-state index contributed by atoms with van der Waals surface area (Å²) in [7, 11) is -3.12. The second-order valence-electron chi connectivity index (χ2n) is 6.69. The third-order valence-electron chi connectivity index (χ3n) is 4.85. The molecular formula is C25H23NO5. The van der Waals surface area contributed by atoms with Gasteiger partial charge in [0.25, 0.3) is 0 Å². The maximum absolute atomic E-state index is 12.7. The molecule has 2 N–H and O–H groups in total. The highest BCUT2D eigenvalue weighted by atomic mass is 16.5. The quantitative estimate of drug-likeness (QED) is 0.591. The number of nitrogens with one attached hydrogen (secondary N) is 1. The van der Waals surface area contributed by atoms with Crippen molar-refractivity contribution in [2.75, 3.05) is 13.6 Å². The molecule has 0 fully saturated rings. The molecule has 0 saturated carbocycles. The Balaban J connectivity index is 1.59. The summed E-state index contributed by atoms with van der Waals surface area (Å²) in [5.41, 5.74) is 2.70. The Morgan fingerprint density at radius 2 is 1.71 bits per heavy atom. The minimum Gasteiger partial charge on any atom is -0.497 e. The third-order valence-corrected chi connectivity index (χ3v) is 4.85. The van der Waals surface area contributed by atoms with Gasteiger partial charge in [-0.15, -0.1) is 0 Å². The van der Waals surface area contributed by atoms with E-state index in [0.717, 1.165) is 22.3 Å². The zero-order valence-electron chi connectivity index (χ0n) is 25.1. The van der Waals surface area contributed by atoms with Gasteiger partial charge in [0.1, 0.15) is 18.4 Å². The van der Waals surface area contributed by atoms with E-state index in [1.807, 2.05) is 53.8 Å². The van der Waals surface area contributed by atoms with Crippen LogP contribution < -0.4 is 10.1 Å². The maximum Gasteiger partial charge on any atom is 0.407 e. The maximum atomic E-state index is 12.7. The zero-order chi connectivity index (χ0) is 29.6. The molecule has 1 aliphatic carbocycles. The van der Waals surface area contributed by atoms with Crippen molar-refractivity contribution >= 4 is 12.1 Å². The smallest absolute Gasteiger partial charge is 0.407 e.